The van der Waals surface area contributed by atoms with Crippen LogP contribution in [0, 0.1) is 0 Å². The Hall–Kier alpha value is -3.03. The number of anilines is 1. The number of guanidine groups is 1. The molecular weight excluding hydrogens is 369 g/mol. The first-order chi connectivity index (χ1) is 13.3. The molecule has 0 atom stereocenters. The number of hydrogen-bond donors (Lipinski definition) is 3. The summed E-state index contributed by atoms with van der Waals surface area (Å²) in [6.45, 7) is 0.461. The number of alkyl halides is 3. The Labute approximate surface area is 160 Å². The highest BCUT2D eigenvalue weighted by atomic mass is 19.4. The molecule has 0 heterocycles. The monoisotopic (exact) mass is 390 g/mol. The summed E-state index contributed by atoms with van der Waals surface area (Å²) in [4.78, 5) is 16.1. The Morgan fingerprint density at radius 2 is 1.79 bits per heavy atom. The highest BCUT2D eigenvalue weighted by Crippen LogP contribution is 2.29. The zero-order chi connectivity index (χ0) is 20.1. The van der Waals surface area contributed by atoms with Gasteiger partial charge in [0.2, 0.25) is 0 Å². The van der Waals surface area contributed by atoms with Crippen LogP contribution in [-0.4, -0.2) is 25.0 Å². The highest BCUT2D eigenvalue weighted by molar-refractivity contribution is 5.94. The van der Waals surface area contributed by atoms with Crippen LogP contribution in [-0.2, 0) is 19.0 Å². The summed E-state index contributed by atoms with van der Waals surface area (Å²) < 4.78 is 37.6. The molecule has 0 fully saturated rings. The van der Waals surface area contributed by atoms with E-state index in [4.69, 9.17) is 5.73 Å². The molecule has 0 saturated heterocycles. The molecule has 1 aliphatic carbocycles. The molecule has 0 bridgehead atoms. The number of amides is 1. The molecule has 0 unspecified atom stereocenters. The van der Waals surface area contributed by atoms with E-state index in [9.17, 15) is 18.0 Å². The number of nitrogens with zero attached hydrogens (tertiary/aromatic N) is 1. The van der Waals surface area contributed by atoms with Crippen molar-refractivity contribution >= 4 is 17.6 Å². The van der Waals surface area contributed by atoms with Gasteiger partial charge in [-0.05, 0) is 66.8 Å². The van der Waals surface area contributed by atoms with E-state index in [1.54, 1.807) is 0 Å². The number of carbonyl (C=O) groups is 1. The number of benzene rings is 2. The van der Waals surface area contributed by atoms with Gasteiger partial charge in [-0.2, -0.15) is 13.2 Å². The normalized spacial score (nSPS) is 13.9. The Balaban J connectivity index is 1.46. The first-order valence-corrected chi connectivity index (χ1v) is 8.97. The SMILES string of the molecule is NC(=NCCNC(=O)c1ccc(C(F)(F)F)cc1)Nc1ccc2c(c1)CCC2. The van der Waals surface area contributed by atoms with Crippen molar-refractivity contribution in [1.29, 1.82) is 0 Å². The van der Waals surface area contributed by atoms with Gasteiger partial charge in [0.15, 0.2) is 5.96 Å². The standard InChI is InChI=1S/C20H21F3N4O/c21-20(22,23)16-7-4-14(5-8-16)18(28)25-10-11-26-19(24)27-17-9-6-13-2-1-3-15(13)12-17/h4-9,12H,1-3,10-11H2,(H,25,28)(H3,24,26,27). The molecular formula is C20H21F3N4O. The zero-order valence-corrected chi connectivity index (χ0v) is 15.1. The molecule has 0 saturated carbocycles. The van der Waals surface area contributed by atoms with Crippen LogP contribution in [0.1, 0.15) is 33.5 Å². The molecule has 1 amide bonds. The third-order valence-corrected chi connectivity index (χ3v) is 4.52. The first-order valence-electron chi connectivity index (χ1n) is 8.97. The Morgan fingerprint density at radius 3 is 2.50 bits per heavy atom. The zero-order valence-electron chi connectivity index (χ0n) is 15.1. The van der Waals surface area contributed by atoms with E-state index in [0.717, 1.165) is 42.8 Å². The lowest BCUT2D eigenvalue weighted by Crippen LogP contribution is -2.28. The van der Waals surface area contributed by atoms with E-state index >= 15 is 0 Å². The van der Waals surface area contributed by atoms with Crippen molar-refractivity contribution in [2.45, 2.75) is 25.4 Å². The van der Waals surface area contributed by atoms with Crippen LogP contribution >= 0.6 is 0 Å². The number of fused-ring (bicyclic) bond motifs is 1. The maximum atomic E-state index is 12.5. The molecule has 5 nitrogen and oxygen atoms in total. The minimum atomic E-state index is -4.42. The van der Waals surface area contributed by atoms with Crippen LogP contribution in [0.4, 0.5) is 18.9 Å². The molecule has 3 rings (SSSR count). The van der Waals surface area contributed by atoms with E-state index in [1.165, 1.54) is 17.5 Å². The fourth-order valence-electron chi connectivity index (χ4n) is 3.10. The van der Waals surface area contributed by atoms with Gasteiger partial charge < -0.3 is 16.4 Å². The molecule has 0 radical (unpaired) electrons. The molecule has 0 spiro atoms. The number of rotatable bonds is 5. The summed E-state index contributed by atoms with van der Waals surface area (Å²) in [5, 5.41) is 5.62. The lowest BCUT2D eigenvalue weighted by atomic mass is 10.1. The first kappa shape index (κ1) is 19.7. The average molecular weight is 390 g/mol. The maximum absolute atomic E-state index is 12.5. The topological polar surface area (TPSA) is 79.5 Å². The van der Waals surface area contributed by atoms with Crippen molar-refractivity contribution in [2.75, 3.05) is 18.4 Å². The Bertz CT molecular complexity index is 876. The van der Waals surface area contributed by atoms with Crippen LogP contribution in [0.15, 0.2) is 47.5 Å². The molecule has 28 heavy (non-hydrogen) atoms. The van der Waals surface area contributed by atoms with Crippen molar-refractivity contribution < 1.29 is 18.0 Å². The summed E-state index contributed by atoms with van der Waals surface area (Å²) in [6.07, 6.45) is -1.08. The maximum Gasteiger partial charge on any atom is 0.416 e. The minimum absolute atomic E-state index is 0.154. The number of nitrogens with two attached hydrogens (primary N) is 1. The molecule has 0 aliphatic heterocycles. The molecule has 0 aromatic heterocycles. The third-order valence-electron chi connectivity index (χ3n) is 4.52. The van der Waals surface area contributed by atoms with E-state index in [0.29, 0.717) is 0 Å². The van der Waals surface area contributed by atoms with Gasteiger partial charge in [-0.3, -0.25) is 9.79 Å². The largest absolute Gasteiger partial charge is 0.416 e. The third kappa shape index (κ3) is 5.03. The van der Waals surface area contributed by atoms with Gasteiger partial charge in [0.25, 0.3) is 5.91 Å². The van der Waals surface area contributed by atoms with Gasteiger partial charge in [-0.25, -0.2) is 0 Å². The van der Waals surface area contributed by atoms with E-state index in [1.807, 2.05) is 6.07 Å². The molecule has 2 aromatic carbocycles. The smallest absolute Gasteiger partial charge is 0.370 e. The Morgan fingerprint density at radius 1 is 1.07 bits per heavy atom. The lowest BCUT2D eigenvalue weighted by Gasteiger charge is -2.09. The predicted molar refractivity (Wildman–Crippen MR) is 102 cm³/mol. The van der Waals surface area contributed by atoms with Crippen molar-refractivity contribution in [3.63, 3.8) is 0 Å². The molecule has 148 valence electrons. The van der Waals surface area contributed by atoms with Gasteiger partial charge in [0.05, 0.1) is 12.1 Å². The van der Waals surface area contributed by atoms with Crippen LogP contribution in [0.5, 0.6) is 0 Å². The van der Waals surface area contributed by atoms with Gasteiger partial charge >= 0.3 is 6.18 Å². The number of hydrogen-bond acceptors (Lipinski definition) is 2. The highest BCUT2D eigenvalue weighted by Gasteiger charge is 2.30. The number of carbonyl (C=O) groups excluding carboxylic acids is 1. The average Bonchev–Trinajstić information content (AvgIpc) is 3.12. The fourth-order valence-corrected chi connectivity index (χ4v) is 3.10. The molecule has 2 aromatic rings. The summed E-state index contributed by atoms with van der Waals surface area (Å²) in [6, 6.07) is 10.2. The number of halogens is 3. The molecule has 8 heteroatoms. The van der Waals surface area contributed by atoms with Crippen LogP contribution in [0.25, 0.3) is 0 Å². The molecule has 4 N–H and O–H groups in total. The molecule has 1 aliphatic rings. The van der Waals surface area contributed by atoms with Gasteiger partial charge in [0, 0.05) is 17.8 Å². The van der Waals surface area contributed by atoms with E-state index in [-0.39, 0.29) is 24.6 Å². The van der Waals surface area contributed by atoms with Crippen molar-refractivity contribution in [3.05, 3.63) is 64.7 Å². The van der Waals surface area contributed by atoms with Crippen molar-refractivity contribution in [3.8, 4) is 0 Å². The summed E-state index contributed by atoms with van der Waals surface area (Å²) in [5.41, 5.74) is 8.78. The summed E-state index contributed by atoms with van der Waals surface area (Å²) >= 11 is 0. The van der Waals surface area contributed by atoms with Crippen LogP contribution in [0.2, 0.25) is 0 Å². The second kappa shape index (κ2) is 8.33. The number of nitrogens with one attached hydrogen (secondary N) is 2. The predicted octanol–water partition coefficient (Wildman–Crippen LogP) is 3.35. The lowest BCUT2D eigenvalue weighted by molar-refractivity contribution is -0.137. The summed E-state index contributed by atoms with van der Waals surface area (Å²) in [5.74, 6) is -0.226. The number of aliphatic imine (C=N–C) groups is 1. The van der Waals surface area contributed by atoms with E-state index < -0.39 is 17.6 Å². The van der Waals surface area contributed by atoms with Crippen LogP contribution in [0.3, 0.4) is 0 Å². The van der Waals surface area contributed by atoms with Gasteiger partial charge in [0.1, 0.15) is 0 Å². The van der Waals surface area contributed by atoms with E-state index in [2.05, 4.69) is 27.8 Å². The van der Waals surface area contributed by atoms with Crippen LogP contribution < -0.4 is 16.4 Å². The quantitative estimate of drug-likeness (QED) is 0.416. The second-order valence-corrected chi connectivity index (χ2v) is 6.56. The second-order valence-electron chi connectivity index (χ2n) is 6.56. The Kier molecular flexibility index (Phi) is 5.87. The minimum Gasteiger partial charge on any atom is -0.370 e. The summed E-state index contributed by atoms with van der Waals surface area (Å²) in [7, 11) is 0. The fraction of sp³-hybridized carbons (Fsp3) is 0.300. The number of aryl methyl sites for hydroxylation is 2. The van der Waals surface area contributed by atoms with Crippen molar-refractivity contribution in [1.82, 2.24) is 5.32 Å². The van der Waals surface area contributed by atoms with Crippen molar-refractivity contribution in [2.24, 2.45) is 10.7 Å². The van der Waals surface area contributed by atoms with Gasteiger partial charge in [-0.15, -0.1) is 0 Å². The van der Waals surface area contributed by atoms with Gasteiger partial charge in [-0.1, -0.05) is 6.07 Å².